The third-order valence-corrected chi connectivity index (χ3v) is 2.16. The van der Waals surface area contributed by atoms with Crippen molar-refractivity contribution in [3.63, 3.8) is 0 Å². The lowest BCUT2D eigenvalue weighted by molar-refractivity contribution is 0.127. The Kier molecular flexibility index (Phi) is 12.1. The average molecular weight is 200 g/mol. The molecule has 0 aromatic rings. The van der Waals surface area contributed by atoms with Gasteiger partial charge >= 0.3 is 0 Å². The van der Waals surface area contributed by atoms with Crippen molar-refractivity contribution in [2.45, 2.75) is 51.9 Å². The molecule has 0 spiro atoms. The van der Waals surface area contributed by atoms with Gasteiger partial charge in [-0.15, -0.1) is 0 Å². The smallest absolute Gasteiger partial charge is 0.0751 e. The predicted octanol–water partition coefficient (Wildman–Crippen LogP) is 3.83. The normalized spacial score (nSPS) is 11.2. The van der Waals surface area contributed by atoms with Crippen LogP contribution in [0.2, 0.25) is 0 Å². The van der Waals surface area contributed by atoms with Crippen molar-refractivity contribution in [3.8, 4) is 0 Å². The number of aliphatic hydroxyl groups is 1. The zero-order chi connectivity index (χ0) is 10.5. The highest BCUT2D eigenvalue weighted by Crippen LogP contribution is 2.03. The molecule has 84 valence electrons. The lowest BCUT2D eigenvalue weighted by Gasteiger charge is -2.02. The van der Waals surface area contributed by atoms with Gasteiger partial charge in [-0.3, -0.25) is 0 Å². The lowest BCUT2D eigenvalue weighted by atomic mass is 10.1. The van der Waals surface area contributed by atoms with E-state index in [9.17, 15) is 0 Å². The van der Waals surface area contributed by atoms with Crippen LogP contribution in [0.15, 0.2) is 12.3 Å². The molecule has 0 rings (SSSR count). The maximum Gasteiger partial charge on any atom is 0.0751 e. The van der Waals surface area contributed by atoms with E-state index in [4.69, 9.17) is 9.84 Å². The summed E-state index contributed by atoms with van der Waals surface area (Å²) in [5.41, 5.74) is 0. The number of aliphatic hydroxyl groups excluding tert-OH is 1. The van der Waals surface area contributed by atoms with Crippen LogP contribution in [0.3, 0.4) is 0 Å². The van der Waals surface area contributed by atoms with Gasteiger partial charge in [0, 0.05) is 13.2 Å². The zero-order valence-electron chi connectivity index (χ0n) is 9.37. The molecule has 0 aromatic heterocycles. The van der Waals surface area contributed by atoms with Crippen LogP contribution in [0.5, 0.6) is 0 Å². The summed E-state index contributed by atoms with van der Waals surface area (Å²) in [4.78, 5) is 0. The number of ether oxygens (including phenoxy) is 1. The van der Waals surface area contributed by atoms with Crippen molar-refractivity contribution in [1.82, 2.24) is 0 Å². The highest BCUT2D eigenvalue weighted by Gasteiger charge is 1.90. The fraction of sp³-hybridized carbons (Fsp3) is 0.833. The molecular weight excluding hydrogens is 176 g/mol. The fourth-order valence-corrected chi connectivity index (χ4v) is 1.24. The van der Waals surface area contributed by atoms with E-state index in [-0.39, 0.29) is 0 Å². The van der Waals surface area contributed by atoms with Crippen LogP contribution in [0.1, 0.15) is 51.9 Å². The van der Waals surface area contributed by atoms with Crippen molar-refractivity contribution >= 4 is 0 Å². The summed E-state index contributed by atoms with van der Waals surface area (Å²) < 4.78 is 5.45. The molecule has 0 amide bonds. The quantitative estimate of drug-likeness (QED) is 0.429. The maximum atomic E-state index is 8.39. The Morgan fingerprint density at radius 3 is 2.43 bits per heavy atom. The van der Waals surface area contributed by atoms with Crippen LogP contribution in [0.4, 0.5) is 0 Å². The average Bonchev–Trinajstić information content (AvgIpc) is 2.21. The maximum absolute atomic E-state index is 8.39. The summed E-state index contributed by atoms with van der Waals surface area (Å²) in [7, 11) is 0. The highest BCUT2D eigenvalue weighted by molar-refractivity contribution is 4.70. The molecule has 0 aliphatic heterocycles. The second kappa shape index (κ2) is 12.5. The van der Waals surface area contributed by atoms with Gasteiger partial charge in [-0.25, -0.2) is 0 Å². The van der Waals surface area contributed by atoms with Crippen LogP contribution >= 0.6 is 0 Å². The zero-order valence-corrected chi connectivity index (χ0v) is 9.37. The standard InChI is InChI=1S/C12H24O2/c1-2-3-11-14-12-9-7-5-4-6-8-10-13/h8,10,13H,2-7,9,11-12H2,1H3. The Balaban J connectivity index is 2.85. The van der Waals surface area contributed by atoms with Gasteiger partial charge in [-0.2, -0.15) is 0 Å². The minimum Gasteiger partial charge on any atom is -0.516 e. The van der Waals surface area contributed by atoms with Gasteiger partial charge in [-0.05, 0) is 25.7 Å². The molecule has 0 saturated carbocycles. The Morgan fingerprint density at radius 2 is 1.71 bits per heavy atom. The SMILES string of the molecule is CCCCOCCCCCCC=CO. The van der Waals surface area contributed by atoms with Crippen molar-refractivity contribution in [2.75, 3.05) is 13.2 Å². The Morgan fingerprint density at radius 1 is 1.00 bits per heavy atom. The molecular formula is C12H24O2. The second-order valence-corrected chi connectivity index (χ2v) is 3.55. The Hall–Kier alpha value is -0.500. The van der Waals surface area contributed by atoms with Gasteiger partial charge in [0.1, 0.15) is 0 Å². The van der Waals surface area contributed by atoms with Gasteiger partial charge in [-0.1, -0.05) is 32.3 Å². The summed E-state index contributed by atoms with van der Waals surface area (Å²) in [5.74, 6) is 0. The van der Waals surface area contributed by atoms with E-state index in [0.717, 1.165) is 25.9 Å². The number of hydrogen-bond donors (Lipinski definition) is 1. The third kappa shape index (κ3) is 11.5. The predicted molar refractivity (Wildman–Crippen MR) is 60.6 cm³/mol. The lowest BCUT2D eigenvalue weighted by Crippen LogP contribution is -1.96. The molecule has 2 nitrogen and oxygen atoms in total. The number of hydrogen-bond acceptors (Lipinski definition) is 2. The van der Waals surface area contributed by atoms with E-state index < -0.39 is 0 Å². The molecule has 0 aliphatic carbocycles. The monoisotopic (exact) mass is 200 g/mol. The Bertz CT molecular complexity index is 121. The fourth-order valence-electron chi connectivity index (χ4n) is 1.24. The van der Waals surface area contributed by atoms with Crippen molar-refractivity contribution in [1.29, 1.82) is 0 Å². The van der Waals surface area contributed by atoms with E-state index in [2.05, 4.69) is 6.92 Å². The van der Waals surface area contributed by atoms with E-state index >= 15 is 0 Å². The topological polar surface area (TPSA) is 29.5 Å². The summed E-state index contributed by atoms with van der Waals surface area (Å²) in [5, 5.41) is 8.39. The van der Waals surface area contributed by atoms with Crippen LogP contribution in [0, 0.1) is 0 Å². The first kappa shape index (κ1) is 13.5. The van der Waals surface area contributed by atoms with Gasteiger partial charge in [0.15, 0.2) is 0 Å². The van der Waals surface area contributed by atoms with E-state index in [1.807, 2.05) is 0 Å². The largest absolute Gasteiger partial charge is 0.516 e. The van der Waals surface area contributed by atoms with E-state index in [0.29, 0.717) is 0 Å². The summed E-state index contributed by atoms with van der Waals surface area (Å²) in [6, 6.07) is 0. The number of rotatable bonds is 10. The molecule has 0 bridgehead atoms. The first-order valence-corrected chi connectivity index (χ1v) is 5.78. The summed E-state index contributed by atoms with van der Waals surface area (Å²) in [6.45, 7) is 4.01. The third-order valence-electron chi connectivity index (χ3n) is 2.16. The molecule has 0 unspecified atom stereocenters. The van der Waals surface area contributed by atoms with Crippen molar-refractivity contribution < 1.29 is 9.84 Å². The van der Waals surface area contributed by atoms with Crippen molar-refractivity contribution in [2.24, 2.45) is 0 Å². The van der Waals surface area contributed by atoms with Crippen molar-refractivity contribution in [3.05, 3.63) is 12.3 Å². The number of unbranched alkanes of at least 4 members (excludes halogenated alkanes) is 5. The van der Waals surface area contributed by atoms with Crippen LogP contribution in [-0.2, 0) is 4.74 Å². The van der Waals surface area contributed by atoms with Gasteiger partial charge in [0.2, 0.25) is 0 Å². The molecule has 0 heterocycles. The van der Waals surface area contributed by atoms with Crippen LogP contribution < -0.4 is 0 Å². The molecule has 1 N–H and O–H groups in total. The molecule has 0 radical (unpaired) electrons. The molecule has 2 heteroatoms. The molecule has 0 aromatic carbocycles. The first-order valence-electron chi connectivity index (χ1n) is 5.78. The van der Waals surface area contributed by atoms with E-state index in [1.165, 1.54) is 38.5 Å². The number of allylic oxidation sites excluding steroid dienone is 1. The van der Waals surface area contributed by atoms with Gasteiger partial charge in [0.25, 0.3) is 0 Å². The van der Waals surface area contributed by atoms with Gasteiger partial charge in [0.05, 0.1) is 6.26 Å². The minimum atomic E-state index is 0.913. The van der Waals surface area contributed by atoms with Crippen LogP contribution in [0.25, 0.3) is 0 Å². The Labute approximate surface area is 88.0 Å². The minimum absolute atomic E-state index is 0.913. The summed E-state index contributed by atoms with van der Waals surface area (Å²) >= 11 is 0. The molecule has 0 saturated heterocycles. The molecule has 0 aliphatic rings. The van der Waals surface area contributed by atoms with E-state index in [1.54, 1.807) is 6.08 Å². The highest BCUT2D eigenvalue weighted by atomic mass is 16.5. The second-order valence-electron chi connectivity index (χ2n) is 3.55. The molecule has 0 fully saturated rings. The molecule has 0 atom stereocenters. The summed E-state index contributed by atoms with van der Waals surface area (Å²) in [6.07, 6.45) is 11.2. The first-order chi connectivity index (χ1) is 6.91. The van der Waals surface area contributed by atoms with Gasteiger partial charge < -0.3 is 9.84 Å². The molecule has 14 heavy (non-hydrogen) atoms. The van der Waals surface area contributed by atoms with Crippen LogP contribution in [-0.4, -0.2) is 18.3 Å².